The summed E-state index contributed by atoms with van der Waals surface area (Å²) >= 11 is 0. The molecule has 0 bridgehead atoms. The molecule has 2 aromatic rings. The second-order valence-electron chi connectivity index (χ2n) is 15.6. The van der Waals surface area contributed by atoms with Gasteiger partial charge in [0, 0.05) is 33.0 Å². The number of hydrogen-bond donors (Lipinski definition) is 0. The van der Waals surface area contributed by atoms with Crippen LogP contribution in [0.2, 0.25) is 16.6 Å². The highest BCUT2D eigenvalue weighted by Crippen LogP contribution is 2.42. The Kier molecular flexibility index (Phi) is 22.5. The van der Waals surface area contributed by atoms with E-state index in [1.54, 1.807) is 14.2 Å². The molecule has 0 unspecified atom stereocenters. The molecule has 2 aromatic carbocycles. The number of rotatable bonds is 30. The van der Waals surface area contributed by atoms with Crippen molar-refractivity contribution >= 4 is 8.32 Å². The molecular formula is C45H74O7Si. The molecule has 0 aliphatic rings. The quantitative estimate of drug-likeness (QED) is 0.0259. The molecule has 0 radical (unpaired) electrons. The summed E-state index contributed by atoms with van der Waals surface area (Å²) in [6, 6.07) is 18.2. The second kappa shape index (κ2) is 25.6. The summed E-state index contributed by atoms with van der Waals surface area (Å²) in [5.41, 5.74) is 3.80. The first kappa shape index (κ1) is 46.7. The minimum absolute atomic E-state index is 0.0741. The number of benzene rings is 2. The Morgan fingerprint density at radius 1 is 0.736 bits per heavy atom. The topological polar surface area (TPSA) is 64.6 Å². The fourth-order valence-corrected chi connectivity index (χ4v) is 13.2. The van der Waals surface area contributed by atoms with E-state index in [2.05, 4.69) is 80.7 Å². The maximum absolute atomic E-state index is 6.96. The van der Waals surface area contributed by atoms with E-state index >= 15 is 0 Å². The number of allylic oxidation sites excluding steroid dienone is 1. The zero-order valence-corrected chi connectivity index (χ0v) is 35.9. The molecule has 0 aliphatic heterocycles. The lowest BCUT2D eigenvalue weighted by Gasteiger charge is -2.42. The normalized spacial score (nSPS) is 15.0. The first-order chi connectivity index (χ1) is 25.4. The van der Waals surface area contributed by atoms with Gasteiger partial charge < -0.3 is 32.8 Å². The van der Waals surface area contributed by atoms with E-state index in [4.69, 9.17) is 32.8 Å². The van der Waals surface area contributed by atoms with Gasteiger partial charge in [-0.2, -0.15) is 0 Å². The molecule has 53 heavy (non-hydrogen) atoms. The van der Waals surface area contributed by atoms with Gasteiger partial charge in [0.25, 0.3) is 0 Å². The van der Waals surface area contributed by atoms with Crippen LogP contribution in [0, 0.1) is 5.92 Å². The van der Waals surface area contributed by atoms with Crippen LogP contribution in [-0.2, 0) is 41.3 Å². The van der Waals surface area contributed by atoms with Crippen molar-refractivity contribution in [1.29, 1.82) is 0 Å². The van der Waals surface area contributed by atoms with Gasteiger partial charge in [-0.1, -0.05) is 117 Å². The molecule has 2 rings (SSSR count). The predicted octanol–water partition coefficient (Wildman–Crippen LogP) is 11.8. The van der Waals surface area contributed by atoms with Gasteiger partial charge in [0.1, 0.15) is 18.6 Å². The van der Waals surface area contributed by atoms with Crippen molar-refractivity contribution in [1.82, 2.24) is 0 Å². The largest absolute Gasteiger partial charge is 0.497 e. The van der Waals surface area contributed by atoms with Crippen LogP contribution >= 0.6 is 0 Å². The third-order valence-corrected chi connectivity index (χ3v) is 16.5. The maximum atomic E-state index is 6.96. The second-order valence-corrected chi connectivity index (χ2v) is 21.0. The van der Waals surface area contributed by atoms with Crippen molar-refractivity contribution in [2.45, 2.75) is 155 Å². The highest BCUT2D eigenvalue weighted by atomic mass is 28.4. The summed E-state index contributed by atoms with van der Waals surface area (Å²) in [7, 11) is 1.47. The number of ether oxygens (including phenoxy) is 6. The van der Waals surface area contributed by atoms with Crippen LogP contribution in [0.1, 0.15) is 111 Å². The summed E-state index contributed by atoms with van der Waals surface area (Å²) in [6.45, 7) is 28.8. The fourth-order valence-electron chi connectivity index (χ4n) is 7.77. The fraction of sp³-hybridized carbons (Fsp3) is 0.644. The molecule has 0 fully saturated rings. The van der Waals surface area contributed by atoms with Gasteiger partial charge in [0.15, 0.2) is 8.32 Å². The van der Waals surface area contributed by atoms with Crippen LogP contribution in [0.3, 0.4) is 0 Å². The Hall–Kier alpha value is -2.46. The standard InChI is InChI=1S/C45H74O7Si/c1-13-18-43(49-32-40-21-23-42(46-11)24-22-40)30-45(47-12)28-37(9)27-38(10)52-44(25-26-51-53(34(3)4,35(5)6)36(7)8)29-41(14-2)50-33-48-31-39-19-16-15-17-20-39/h14-17,19-24,34-37,41,43-45H,2,10,13,18,25-33H2,1,3-9,11-12H3/t37-,41+,43-,44+,45-/m1/s1. The predicted molar refractivity (Wildman–Crippen MR) is 222 cm³/mol. The van der Waals surface area contributed by atoms with Crippen molar-refractivity contribution in [3.05, 3.63) is 90.7 Å². The maximum Gasteiger partial charge on any atom is 0.200 e. The zero-order valence-electron chi connectivity index (χ0n) is 34.9. The summed E-state index contributed by atoms with van der Waals surface area (Å²) in [4.78, 5) is 0. The van der Waals surface area contributed by atoms with Gasteiger partial charge >= 0.3 is 0 Å². The molecule has 0 N–H and O–H groups in total. The van der Waals surface area contributed by atoms with Gasteiger partial charge in [0.2, 0.25) is 0 Å². The van der Waals surface area contributed by atoms with Crippen LogP contribution in [-0.4, -0.2) is 60.4 Å². The van der Waals surface area contributed by atoms with E-state index < -0.39 is 8.32 Å². The zero-order chi connectivity index (χ0) is 39.2. The molecule has 8 heteroatoms. The van der Waals surface area contributed by atoms with E-state index in [1.807, 2.05) is 48.5 Å². The Bertz CT molecular complexity index is 1230. The van der Waals surface area contributed by atoms with Crippen molar-refractivity contribution in [3.63, 3.8) is 0 Å². The molecule has 7 nitrogen and oxygen atoms in total. The SMILES string of the molecule is C=C[C@@H](C[C@H](CCO[Si](C(C)C)(C(C)C)C(C)C)OC(=C)C[C@@H](C)C[C@H](C[C@@H](CCC)OCc1ccc(OC)cc1)OC)OCOCc1ccccc1. The Balaban J connectivity index is 2.03. The Labute approximate surface area is 324 Å². The lowest BCUT2D eigenvalue weighted by molar-refractivity contribution is -0.0937. The average molecular weight is 755 g/mol. The monoisotopic (exact) mass is 755 g/mol. The third kappa shape index (κ3) is 16.8. The van der Waals surface area contributed by atoms with Crippen molar-refractivity contribution in [3.8, 4) is 5.75 Å². The third-order valence-electron chi connectivity index (χ3n) is 10.4. The Morgan fingerprint density at radius 2 is 1.38 bits per heavy atom. The van der Waals surface area contributed by atoms with Crippen LogP contribution in [0.25, 0.3) is 0 Å². The molecule has 0 aliphatic carbocycles. The molecule has 300 valence electrons. The smallest absolute Gasteiger partial charge is 0.200 e. The minimum atomic E-state index is -2.02. The molecule has 0 spiro atoms. The molecule has 0 saturated heterocycles. The molecule has 5 atom stereocenters. The first-order valence-electron chi connectivity index (χ1n) is 20.0. The van der Waals surface area contributed by atoms with E-state index in [9.17, 15) is 0 Å². The average Bonchev–Trinajstić information content (AvgIpc) is 3.13. The van der Waals surface area contributed by atoms with E-state index in [1.165, 1.54) is 0 Å². The molecule has 0 amide bonds. The lowest BCUT2D eigenvalue weighted by atomic mass is 9.95. The molecular weight excluding hydrogens is 681 g/mol. The molecule has 0 saturated carbocycles. The lowest BCUT2D eigenvalue weighted by Crippen LogP contribution is -2.48. The van der Waals surface area contributed by atoms with Gasteiger partial charge in [-0.3, -0.25) is 0 Å². The number of methoxy groups -OCH3 is 2. The van der Waals surface area contributed by atoms with Gasteiger partial charge in [0.05, 0.1) is 44.4 Å². The number of hydrogen-bond acceptors (Lipinski definition) is 7. The summed E-state index contributed by atoms with van der Waals surface area (Å²) in [6.07, 6.45) is 7.58. The summed E-state index contributed by atoms with van der Waals surface area (Å²) in [5.74, 6) is 1.94. The van der Waals surface area contributed by atoms with E-state index in [-0.39, 0.29) is 31.2 Å². The van der Waals surface area contributed by atoms with Gasteiger partial charge in [-0.25, -0.2) is 0 Å². The van der Waals surface area contributed by atoms with Gasteiger partial charge in [-0.15, -0.1) is 6.58 Å². The summed E-state index contributed by atoms with van der Waals surface area (Å²) in [5, 5.41) is 0. The van der Waals surface area contributed by atoms with Crippen LogP contribution in [0.15, 0.2) is 79.6 Å². The minimum Gasteiger partial charge on any atom is -0.497 e. The highest BCUT2D eigenvalue weighted by Gasteiger charge is 2.45. The van der Waals surface area contributed by atoms with E-state index in [0.717, 1.165) is 61.2 Å². The van der Waals surface area contributed by atoms with E-state index in [0.29, 0.717) is 48.8 Å². The molecule has 0 heterocycles. The van der Waals surface area contributed by atoms with Crippen molar-refractivity contribution in [2.24, 2.45) is 5.92 Å². The van der Waals surface area contributed by atoms with Crippen LogP contribution in [0.5, 0.6) is 5.75 Å². The summed E-state index contributed by atoms with van der Waals surface area (Å²) < 4.78 is 43.3. The molecule has 0 aromatic heterocycles. The van der Waals surface area contributed by atoms with Gasteiger partial charge in [-0.05, 0) is 65.1 Å². The van der Waals surface area contributed by atoms with Crippen LogP contribution < -0.4 is 4.74 Å². The van der Waals surface area contributed by atoms with Crippen molar-refractivity contribution in [2.75, 3.05) is 27.6 Å². The Morgan fingerprint density at radius 3 is 1.94 bits per heavy atom. The first-order valence-corrected chi connectivity index (χ1v) is 22.1. The van der Waals surface area contributed by atoms with Crippen molar-refractivity contribution < 1.29 is 32.8 Å². The van der Waals surface area contributed by atoms with Crippen LogP contribution in [0.4, 0.5) is 0 Å². The highest BCUT2D eigenvalue weighted by molar-refractivity contribution is 6.77.